The summed E-state index contributed by atoms with van der Waals surface area (Å²) >= 11 is 3.19. The van der Waals surface area contributed by atoms with Crippen LogP contribution >= 0.6 is 15.9 Å². The van der Waals surface area contributed by atoms with Crippen LogP contribution in [0, 0.1) is 12.7 Å². The zero-order chi connectivity index (χ0) is 7.56. The molecule has 53 valence electrons. The third kappa shape index (κ3) is 1.81. The van der Waals surface area contributed by atoms with E-state index in [2.05, 4.69) is 22.9 Å². The molecule has 0 aliphatic carbocycles. The van der Waals surface area contributed by atoms with Gasteiger partial charge in [0.1, 0.15) is 5.82 Å². The zero-order valence-electron chi connectivity index (χ0n) is 5.40. The van der Waals surface area contributed by atoms with Crippen LogP contribution in [0.3, 0.4) is 0 Å². The molecule has 0 N–H and O–H groups in total. The highest BCUT2D eigenvalue weighted by Crippen LogP contribution is 2.14. The summed E-state index contributed by atoms with van der Waals surface area (Å²) < 4.78 is 13.3. The van der Waals surface area contributed by atoms with Gasteiger partial charge >= 0.3 is 0 Å². The third-order valence-electron chi connectivity index (χ3n) is 1.21. The van der Waals surface area contributed by atoms with Crippen molar-refractivity contribution in [2.75, 3.05) is 0 Å². The van der Waals surface area contributed by atoms with E-state index in [1.165, 1.54) is 12.1 Å². The van der Waals surface area contributed by atoms with Crippen LogP contribution in [0.15, 0.2) is 22.7 Å². The second-order valence-electron chi connectivity index (χ2n) is 2.03. The highest BCUT2D eigenvalue weighted by Gasteiger charge is 1.95. The maximum atomic E-state index is 12.6. The highest BCUT2D eigenvalue weighted by molar-refractivity contribution is 9.10. The summed E-state index contributed by atoms with van der Waals surface area (Å²) in [6.07, 6.45) is 0.621. The molecule has 1 aromatic rings. The molecule has 0 aliphatic heterocycles. The minimum atomic E-state index is -0.215. The zero-order valence-corrected chi connectivity index (χ0v) is 6.99. The largest absolute Gasteiger partial charge is 0.207 e. The SMILES string of the molecule is [CH2]Cc1cc(F)cc(Br)c1. The van der Waals surface area contributed by atoms with Gasteiger partial charge in [-0.05, 0) is 37.1 Å². The molecule has 0 aliphatic rings. The Bertz CT molecular complexity index is 212. The molecule has 0 spiro atoms. The molecule has 0 bridgehead atoms. The first-order valence-electron chi connectivity index (χ1n) is 2.96. The van der Waals surface area contributed by atoms with Crippen molar-refractivity contribution in [3.05, 3.63) is 41.0 Å². The number of benzene rings is 1. The highest BCUT2D eigenvalue weighted by atomic mass is 79.9. The van der Waals surface area contributed by atoms with Gasteiger partial charge in [0, 0.05) is 4.47 Å². The van der Waals surface area contributed by atoms with Crippen LogP contribution in [-0.2, 0) is 6.42 Å². The molecule has 10 heavy (non-hydrogen) atoms. The van der Waals surface area contributed by atoms with Crippen LogP contribution in [-0.4, -0.2) is 0 Å². The van der Waals surface area contributed by atoms with Crippen molar-refractivity contribution in [3.63, 3.8) is 0 Å². The van der Waals surface area contributed by atoms with Crippen LogP contribution in [0.1, 0.15) is 5.56 Å². The number of halogens is 2. The lowest BCUT2D eigenvalue weighted by molar-refractivity contribution is 0.625. The van der Waals surface area contributed by atoms with Gasteiger partial charge < -0.3 is 0 Å². The monoisotopic (exact) mass is 201 g/mol. The molecule has 0 unspecified atom stereocenters. The van der Waals surface area contributed by atoms with Gasteiger partial charge in [0.05, 0.1) is 0 Å². The minimum Gasteiger partial charge on any atom is -0.207 e. The predicted molar refractivity (Wildman–Crippen MR) is 43.2 cm³/mol. The summed E-state index contributed by atoms with van der Waals surface area (Å²) in [6.45, 7) is 3.65. The molecule has 1 radical (unpaired) electrons. The first-order chi connectivity index (χ1) is 4.72. The van der Waals surface area contributed by atoms with Crippen LogP contribution in [0.2, 0.25) is 0 Å². The molecule has 0 saturated carbocycles. The second-order valence-corrected chi connectivity index (χ2v) is 2.94. The lowest BCUT2D eigenvalue weighted by atomic mass is 10.2. The fraction of sp³-hybridized carbons (Fsp3) is 0.125. The molecule has 0 fully saturated rings. The molecule has 0 heterocycles. The van der Waals surface area contributed by atoms with E-state index in [0.717, 1.165) is 10.0 Å². The molecule has 0 saturated heterocycles. The number of hydrogen-bond donors (Lipinski definition) is 0. The Labute approximate surface area is 68.2 Å². The molecule has 0 amide bonds. The molecule has 1 rings (SSSR count). The first-order valence-corrected chi connectivity index (χ1v) is 3.76. The topological polar surface area (TPSA) is 0 Å². The Hall–Kier alpha value is -0.370. The molecule has 0 aromatic heterocycles. The Morgan fingerprint density at radius 3 is 2.60 bits per heavy atom. The number of rotatable bonds is 1. The molecule has 2 heteroatoms. The average molecular weight is 202 g/mol. The second kappa shape index (κ2) is 3.15. The minimum absolute atomic E-state index is 0.215. The van der Waals surface area contributed by atoms with Gasteiger partial charge in [-0.2, -0.15) is 0 Å². The van der Waals surface area contributed by atoms with Gasteiger partial charge in [0.2, 0.25) is 0 Å². The molecular weight excluding hydrogens is 195 g/mol. The van der Waals surface area contributed by atoms with Crippen molar-refractivity contribution in [2.45, 2.75) is 6.42 Å². The first kappa shape index (κ1) is 7.73. The van der Waals surface area contributed by atoms with Gasteiger partial charge in [-0.25, -0.2) is 4.39 Å². The van der Waals surface area contributed by atoms with E-state index in [-0.39, 0.29) is 5.82 Å². The average Bonchev–Trinajstić information content (AvgIpc) is 1.85. The van der Waals surface area contributed by atoms with Crippen LogP contribution in [0.25, 0.3) is 0 Å². The fourth-order valence-electron chi connectivity index (χ4n) is 0.755. The van der Waals surface area contributed by atoms with Crippen LogP contribution < -0.4 is 0 Å². The quantitative estimate of drug-likeness (QED) is 0.656. The van der Waals surface area contributed by atoms with E-state index in [4.69, 9.17) is 0 Å². The van der Waals surface area contributed by atoms with E-state index in [1.54, 1.807) is 0 Å². The molecular formula is C8H7BrF. The van der Waals surface area contributed by atoms with E-state index in [9.17, 15) is 4.39 Å². The van der Waals surface area contributed by atoms with Gasteiger partial charge in [-0.1, -0.05) is 15.9 Å². The van der Waals surface area contributed by atoms with E-state index in [1.807, 2.05) is 6.07 Å². The van der Waals surface area contributed by atoms with Crippen molar-refractivity contribution in [2.24, 2.45) is 0 Å². The summed E-state index contributed by atoms with van der Waals surface area (Å²) in [4.78, 5) is 0. The van der Waals surface area contributed by atoms with E-state index >= 15 is 0 Å². The third-order valence-corrected chi connectivity index (χ3v) is 1.67. The Morgan fingerprint density at radius 1 is 1.40 bits per heavy atom. The Morgan fingerprint density at radius 2 is 2.10 bits per heavy atom. The van der Waals surface area contributed by atoms with Crippen molar-refractivity contribution in [1.29, 1.82) is 0 Å². The summed E-state index contributed by atoms with van der Waals surface area (Å²) in [7, 11) is 0. The standard InChI is InChI=1S/C8H7BrF/c1-2-6-3-7(9)5-8(10)4-6/h3-5H,1-2H2. The van der Waals surface area contributed by atoms with Crippen molar-refractivity contribution < 1.29 is 4.39 Å². The lowest BCUT2D eigenvalue weighted by Gasteiger charge is -1.96. The number of hydrogen-bond acceptors (Lipinski definition) is 0. The fourth-order valence-corrected chi connectivity index (χ4v) is 1.27. The predicted octanol–water partition coefficient (Wildman–Crippen LogP) is 2.96. The van der Waals surface area contributed by atoms with Crippen molar-refractivity contribution in [1.82, 2.24) is 0 Å². The van der Waals surface area contributed by atoms with Gasteiger partial charge in [-0.3, -0.25) is 0 Å². The molecule has 0 atom stereocenters. The lowest BCUT2D eigenvalue weighted by Crippen LogP contribution is -1.82. The summed E-state index contributed by atoms with van der Waals surface area (Å²) in [5.41, 5.74) is 0.909. The summed E-state index contributed by atoms with van der Waals surface area (Å²) in [6, 6.07) is 4.77. The maximum absolute atomic E-state index is 12.6. The van der Waals surface area contributed by atoms with Crippen molar-refractivity contribution in [3.8, 4) is 0 Å². The van der Waals surface area contributed by atoms with Gasteiger partial charge in [0.25, 0.3) is 0 Å². The van der Waals surface area contributed by atoms with E-state index < -0.39 is 0 Å². The Balaban J connectivity index is 3.06. The normalized spacial score (nSPS) is 9.90. The van der Waals surface area contributed by atoms with Crippen LogP contribution in [0.5, 0.6) is 0 Å². The van der Waals surface area contributed by atoms with Crippen molar-refractivity contribution >= 4 is 15.9 Å². The van der Waals surface area contributed by atoms with Crippen LogP contribution in [0.4, 0.5) is 4.39 Å². The van der Waals surface area contributed by atoms with Gasteiger partial charge in [-0.15, -0.1) is 0 Å². The summed E-state index contributed by atoms with van der Waals surface area (Å²) in [5, 5.41) is 0. The Kier molecular flexibility index (Phi) is 2.44. The maximum Gasteiger partial charge on any atom is 0.124 e. The van der Waals surface area contributed by atoms with Gasteiger partial charge in [0.15, 0.2) is 0 Å². The smallest absolute Gasteiger partial charge is 0.124 e. The molecule has 0 nitrogen and oxygen atoms in total. The molecule has 1 aromatic carbocycles. The van der Waals surface area contributed by atoms with E-state index in [0.29, 0.717) is 6.42 Å². The summed E-state index contributed by atoms with van der Waals surface area (Å²) in [5.74, 6) is -0.215.